The van der Waals surface area contributed by atoms with E-state index in [0.29, 0.717) is 11.3 Å². The fraction of sp³-hybridized carbons (Fsp3) is 0.481. The minimum atomic E-state index is -0.211. The summed E-state index contributed by atoms with van der Waals surface area (Å²) in [6, 6.07) is 15.8. The molecule has 1 atom stereocenters. The second-order valence-corrected chi connectivity index (χ2v) is 9.26. The van der Waals surface area contributed by atoms with Crippen molar-refractivity contribution in [3.05, 3.63) is 59.7 Å². The normalized spacial score (nSPS) is 17.9. The number of nitrogens with one attached hydrogen (secondary N) is 1. The summed E-state index contributed by atoms with van der Waals surface area (Å²) in [5.74, 6) is 0.573. The monoisotopic (exact) mass is 433 g/mol. The molecule has 0 aliphatic carbocycles. The van der Waals surface area contributed by atoms with Crippen LogP contribution in [0.25, 0.3) is 0 Å². The van der Waals surface area contributed by atoms with Gasteiger partial charge in [-0.05, 0) is 61.8 Å². The van der Waals surface area contributed by atoms with Crippen molar-refractivity contribution in [2.75, 3.05) is 36.4 Å². The van der Waals surface area contributed by atoms with E-state index in [9.17, 15) is 9.59 Å². The second kappa shape index (κ2) is 10.2. The van der Waals surface area contributed by atoms with Crippen molar-refractivity contribution in [2.24, 2.45) is 5.92 Å². The van der Waals surface area contributed by atoms with Crippen LogP contribution in [-0.2, 0) is 4.79 Å². The van der Waals surface area contributed by atoms with Crippen molar-refractivity contribution < 1.29 is 9.59 Å². The van der Waals surface area contributed by atoms with Crippen LogP contribution in [0, 0.1) is 5.92 Å². The van der Waals surface area contributed by atoms with Gasteiger partial charge in [-0.2, -0.15) is 0 Å². The first-order valence-corrected chi connectivity index (χ1v) is 12.1. The van der Waals surface area contributed by atoms with Crippen molar-refractivity contribution in [3.8, 4) is 0 Å². The van der Waals surface area contributed by atoms with Gasteiger partial charge in [0.1, 0.15) is 0 Å². The molecule has 1 N–H and O–H groups in total. The van der Waals surface area contributed by atoms with Crippen LogP contribution in [0.2, 0.25) is 0 Å². The molecule has 0 spiro atoms. The molecule has 2 saturated heterocycles. The van der Waals surface area contributed by atoms with Gasteiger partial charge in [0.25, 0.3) is 5.91 Å². The van der Waals surface area contributed by atoms with Crippen molar-refractivity contribution in [1.82, 2.24) is 4.90 Å². The molecule has 4 rings (SSSR count). The lowest BCUT2D eigenvalue weighted by molar-refractivity contribution is -0.117. The maximum Gasteiger partial charge on any atom is 0.256 e. The number of hydrogen-bond acceptors (Lipinski definition) is 3. The maximum absolute atomic E-state index is 13.4. The van der Waals surface area contributed by atoms with Crippen molar-refractivity contribution in [2.45, 2.75) is 51.9 Å². The highest BCUT2D eigenvalue weighted by Gasteiger charge is 2.27. The smallest absolute Gasteiger partial charge is 0.256 e. The van der Waals surface area contributed by atoms with Crippen LogP contribution in [0.15, 0.2) is 48.5 Å². The summed E-state index contributed by atoms with van der Waals surface area (Å²) in [5, 5.41) is 3.09. The summed E-state index contributed by atoms with van der Waals surface area (Å²) in [5.41, 5.74) is 3.43. The highest BCUT2D eigenvalue weighted by molar-refractivity contribution is 6.03. The van der Waals surface area contributed by atoms with Crippen molar-refractivity contribution >= 4 is 23.2 Å². The molecule has 2 aromatic rings. The standard InChI is InChI=1S/C27H35N3O2/c1-3-23(21-9-5-4-6-10-21)26(31)28-22-11-12-25(29-17-13-20(2)14-18-29)24(19-22)27(32)30-15-7-8-16-30/h4-6,9-12,19-20,23H,3,7-8,13-18H2,1-2H3,(H,28,31)/t23-/m0/s1. The summed E-state index contributed by atoms with van der Waals surface area (Å²) in [6.45, 7) is 7.90. The highest BCUT2D eigenvalue weighted by atomic mass is 16.2. The Hall–Kier alpha value is -2.82. The van der Waals surface area contributed by atoms with Gasteiger partial charge in [-0.1, -0.05) is 44.2 Å². The average molecular weight is 434 g/mol. The molecule has 2 aliphatic rings. The average Bonchev–Trinajstić information content (AvgIpc) is 3.35. The summed E-state index contributed by atoms with van der Waals surface area (Å²) in [6.07, 6.45) is 5.14. The van der Waals surface area contributed by atoms with Crippen LogP contribution >= 0.6 is 0 Å². The molecule has 0 radical (unpaired) electrons. The number of piperidine rings is 1. The predicted molar refractivity (Wildman–Crippen MR) is 130 cm³/mol. The number of likely N-dealkylation sites (tertiary alicyclic amines) is 1. The van der Waals surface area contributed by atoms with Gasteiger partial charge in [0.2, 0.25) is 5.91 Å². The molecular weight excluding hydrogens is 398 g/mol. The van der Waals surface area contributed by atoms with E-state index in [0.717, 1.165) is 75.5 Å². The number of benzene rings is 2. The summed E-state index contributed by atoms with van der Waals surface area (Å²) in [7, 11) is 0. The van der Waals surface area contributed by atoms with Gasteiger partial charge in [-0.25, -0.2) is 0 Å². The van der Waals surface area contributed by atoms with Crippen LogP contribution < -0.4 is 10.2 Å². The number of nitrogens with zero attached hydrogens (tertiary/aromatic N) is 2. The third kappa shape index (κ3) is 4.98. The first-order chi connectivity index (χ1) is 15.6. The number of anilines is 2. The summed E-state index contributed by atoms with van der Waals surface area (Å²) < 4.78 is 0. The van der Waals surface area contributed by atoms with Gasteiger partial charge < -0.3 is 15.1 Å². The second-order valence-electron chi connectivity index (χ2n) is 9.26. The Morgan fingerprint density at radius 2 is 1.69 bits per heavy atom. The lowest BCUT2D eigenvalue weighted by Crippen LogP contribution is -2.35. The quantitative estimate of drug-likeness (QED) is 0.673. The molecule has 2 heterocycles. The molecule has 0 unspecified atom stereocenters. The molecule has 0 bridgehead atoms. The third-order valence-electron chi connectivity index (χ3n) is 6.94. The number of carbonyl (C=O) groups excluding carboxylic acids is 2. The Balaban J connectivity index is 1.59. The Bertz CT molecular complexity index is 929. The fourth-order valence-corrected chi connectivity index (χ4v) is 4.89. The van der Waals surface area contributed by atoms with E-state index in [1.807, 2.05) is 60.4 Å². The van der Waals surface area contributed by atoms with E-state index in [1.54, 1.807) is 0 Å². The van der Waals surface area contributed by atoms with Gasteiger partial charge in [0, 0.05) is 37.6 Å². The van der Waals surface area contributed by atoms with Gasteiger partial charge in [-0.3, -0.25) is 9.59 Å². The van der Waals surface area contributed by atoms with Gasteiger partial charge in [0.15, 0.2) is 0 Å². The van der Waals surface area contributed by atoms with Crippen LogP contribution in [0.4, 0.5) is 11.4 Å². The molecular formula is C27H35N3O2. The Morgan fingerprint density at radius 3 is 2.34 bits per heavy atom. The number of amides is 2. The zero-order chi connectivity index (χ0) is 22.5. The van der Waals surface area contributed by atoms with E-state index >= 15 is 0 Å². The molecule has 5 heteroatoms. The summed E-state index contributed by atoms with van der Waals surface area (Å²) in [4.78, 5) is 30.8. The predicted octanol–water partition coefficient (Wildman–Crippen LogP) is 5.29. The molecule has 170 valence electrons. The van der Waals surface area contributed by atoms with Gasteiger partial charge in [0.05, 0.1) is 11.5 Å². The Kier molecular flexibility index (Phi) is 7.13. The number of carbonyl (C=O) groups is 2. The number of rotatable bonds is 6. The van der Waals surface area contributed by atoms with Crippen LogP contribution in [-0.4, -0.2) is 42.9 Å². The first kappa shape index (κ1) is 22.4. The van der Waals surface area contributed by atoms with E-state index in [1.165, 1.54) is 0 Å². The van der Waals surface area contributed by atoms with Gasteiger partial charge >= 0.3 is 0 Å². The molecule has 2 aromatic carbocycles. The highest BCUT2D eigenvalue weighted by Crippen LogP contribution is 2.31. The maximum atomic E-state index is 13.4. The fourth-order valence-electron chi connectivity index (χ4n) is 4.89. The lowest BCUT2D eigenvalue weighted by atomic mass is 9.95. The van der Waals surface area contributed by atoms with Crippen molar-refractivity contribution in [1.29, 1.82) is 0 Å². The van der Waals surface area contributed by atoms with Crippen LogP contribution in [0.5, 0.6) is 0 Å². The molecule has 2 fully saturated rings. The minimum Gasteiger partial charge on any atom is -0.371 e. The minimum absolute atomic E-state index is 0.0298. The largest absolute Gasteiger partial charge is 0.371 e. The van der Waals surface area contributed by atoms with Crippen LogP contribution in [0.1, 0.15) is 67.8 Å². The molecule has 0 saturated carbocycles. The SMILES string of the molecule is CC[C@H](C(=O)Nc1ccc(N2CCC(C)CC2)c(C(=O)N2CCCC2)c1)c1ccccc1. The molecule has 2 aliphatic heterocycles. The van der Waals surface area contributed by atoms with Gasteiger partial charge in [-0.15, -0.1) is 0 Å². The molecule has 5 nitrogen and oxygen atoms in total. The topological polar surface area (TPSA) is 52.7 Å². The number of hydrogen-bond donors (Lipinski definition) is 1. The molecule has 32 heavy (non-hydrogen) atoms. The first-order valence-electron chi connectivity index (χ1n) is 12.1. The van der Waals surface area contributed by atoms with E-state index in [2.05, 4.69) is 17.1 Å². The van der Waals surface area contributed by atoms with E-state index < -0.39 is 0 Å². The Labute approximate surface area is 191 Å². The van der Waals surface area contributed by atoms with Crippen molar-refractivity contribution in [3.63, 3.8) is 0 Å². The third-order valence-corrected chi connectivity index (χ3v) is 6.94. The summed E-state index contributed by atoms with van der Waals surface area (Å²) >= 11 is 0. The molecule has 0 aromatic heterocycles. The van der Waals surface area contributed by atoms with E-state index in [-0.39, 0.29) is 17.7 Å². The van der Waals surface area contributed by atoms with E-state index in [4.69, 9.17) is 0 Å². The lowest BCUT2D eigenvalue weighted by Gasteiger charge is -2.34. The Morgan fingerprint density at radius 1 is 1.00 bits per heavy atom. The zero-order valence-electron chi connectivity index (χ0n) is 19.3. The zero-order valence-corrected chi connectivity index (χ0v) is 19.3. The van der Waals surface area contributed by atoms with Crippen LogP contribution in [0.3, 0.4) is 0 Å². The molecule has 2 amide bonds.